The molecule has 2 rings (SSSR count). The van der Waals surface area contributed by atoms with E-state index < -0.39 is 0 Å². The maximum atomic E-state index is 8.99. The van der Waals surface area contributed by atoms with E-state index in [4.69, 9.17) is 9.84 Å². The van der Waals surface area contributed by atoms with E-state index >= 15 is 0 Å². The van der Waals surface area contributed by atoms with Crippen LogP contribution in [0, 0.1) is 0 Å². The SMILES string of the molecule is COc1cc(N(C)CCO)ccc1C=Cc1cccs1. The predicted molar refractivity (Wildman–Crippen MR) is 86.6 cm³/mol. The molecule has 1 aromatic heterocycles. The standard InChI is InChI=1S/C16H19NO2S/c1-17(9-10-18)14-7-5-13(16(12-14)19-2)6-8-15-4-3-11-20-15/h3-8,11-12,18H,9-10H2,1-2H3. The second kappa shape index (κ2) is 7.12. The van der Waals surface area contributed by atoms with Gasteiger partial charge in [-0.2, -0.15) is 0 Å². The molecule has 0 aliphatic rings. The molecule has 0 fully saturated rings. The number of ether oxygens (including phenoxy) is 1. The molecule has 3 nitrogen and oxygen atoms in total. The van der Waals surface area contributed by atoms with Gasteiger partial charge in [-0.3, -0.25) is 0 Å². The van der Waals surface area contributed by atoms with Crippen LogP contribution in [0.3, 0.4) is 0 Å². The highest BCUT2D eigenvalue weighted by atomic mass is 32.1. The fraction of sp³-hybridized carbons (Fsp3) is 0.250. The summed E-state index contributed by atoms with van der Waals surface area (Å²) in [7, 11) is 3.62. The maximum absolute atomic E-state index is 8.99. The van der Waals surface area contributed by atoms with Crippen LogP contribution in [0.1, 0.15) is 10.4 Å². The smallest absolute Gasteiger partial charge is 0.128 e. The summed E-state index contributed by atoms with van der Waals surface area (Å²) in [5.74, 6) is 0.833. The third-order valence-corrected chi connectivity index (χ3v) is 3.90. The third-order valence-electron chi connectivity index (χ3n) is 3.06. The van der Waals surface area contributed by atoms with Gasteiger partial charge in [0.1, 0.15) is 5.75 Å². The summed E-state index contributed by atoms with van der Waals surface area (Å²) in [6.45, 7) is 0.742. The largest absolute Gasteiger partial charge is 0.496 e. The number of thiophene rings is 1. The van der Waals surface area contributed by atoms with Crippen LogP contribution < -0.4 is 9.64 Å². The van der Waals surface area contributed by atoms with Crippen LogP contribution in [0.2, 0.25) is 0 Å². The maximum Gasteiger partial charge on any atom is 0.128 e. The number of likely N-dealkylation sites (N-methyl/N-ethyl adjacent to an activating group) is 1. The fourth-order valence-electron chi connectivity index (χ4n) is 1.91. The summed E-state index contributed by atoms with van der Waals surface area (Å²) in [6.07, 6.45) is 4.14. The van der Waals surface area contributed by atoms with Gasteiger partial charge in [0, 0.05) is 35.8 Å². The van der Waals surface area contributed by atoms with Gasteiger partial charge >= 0.3 is 0 Å². The summed E-state index contributed by atoms with van der Waals surface area (Å²) in [5, 5.41) is 11.0. The number of rotatable bonds is 6. The molecule has 0 amide bonds. The molecule has 0 saturated heterocycles. The Morgan fingerprint density at radius 1 is 1.30 bits per heavy atom. The first-order valence-corrected chi connectivity index (χ1v) is 7.34. The van der Waals surface area contributed by atoms with Crippen molar-refractivity contribution < 1.29 is 9.84 Å². The van der Waals surface area contributed by atoms with E-state index in [0.717, 1.165) is 17.0 Å². The molecule has 106 valence electrons. The summed E-state index contributed by atoms with van der Waals surface area (Å²) >= 11 is 1.71. The molecule has 0 atom stereocenters. The second-order valence-corrected chi connectivity index (χ2v) is 5.40. The molecule has 1 N–H and O–H groups in total. The van der Waals surface area contributed by atoms with E-state index in [1.165, 1.54) is 4.88 Å². The first kappa shape index (κ1) is 14.6. The van der Waals surface area contributed by atoms with Gasteiger partial charge in [-0.05, 0) is 35.7 Å². The van der Waals surface area contributed by atoms with Crippen molar-refractivity contribution in [2.24, 2.45) is 0 Å². The van der Waals surface area contributed by atoms with Gasteiger partial charge in [0.05, 0.1) is 13.7 Å². The van der Waals surface area contributed by atoms with Crippen molar-refractivity contribution in [2.75, 3.05) is 32.2 Å². The lowest BCUT2D eigenvalue weighted by atomic mass is 10.1. The van der Waals surface area contributed by atoms with Crippen LogP contribution in [0.5, 0.6) is 5.75 Å². The van der Waals surface area contributed by atoms with E-state index in [2.05, 4.69) is 23.6 Å². The topological polar surface area (TPSA) is 32.7 Å². The molecule has 0 aliphatic heterocycles. The molecular formula is C16H19NO2S. The Balaban J connectivity index is 2.21. The predicted octanol–water partition coefficient (Wildman–Crippen LogP) is 3.36. The van der Waals surface area contributed by atoms with Crippen molar-refractivity contribution in [2.45, 2.75) is 0 Å². The molecular weight excluding hydrogens is 270 g/mol. The molecule has 20 heavy (non-hydrogen) atoms. The van der Waals surface area contributed by atoms with Crippen molar-refractivity contribution in [3.05, 3.63) is 46.2 Å². The molecule has 0 spiro atoms. The number of aliphatic hydroxyl groups excluding tert-OH is 1. The lowest BCUT2D eigenvalue weighted by Crippen LogP contribution is -2.21. The number of benzene rings is 1. The van der Waals surface area contributed by atoms with Crippen LogP contribution in [-0.4, -0.2) is 32.4 Å². The minimum atomic E-state index is 0.138. The molecule has 0 radical (unpaired) electrons. The van der Waals surface area contributed by atoms with Crippen LogP contribution >= 0.6 is 11.3 Å². The zero-order valence-corrected chi connectivity index (χ0v) is 12.6. The first-order valence-electron chi connectivity index (χ1n) is 6.46. The molecule has 0 saturated carbocycles. The average molecular weight is 289 g/mol. The zero-order valence-electron chi connectivity index (χ0n) is 11.7. The van der Waals surface area contributed by atoms with E-state index in [-0.39, 0.29) is 6.61 Å². The van der Waals surface area contributed by atoms with Crippen LogP contribution in [0.4, 0.5) is 5.69 Å². The highest BCUT2D eigenvalue weighted by molar-refractivity contribution is 7.10. The summed E-state index contributed by atoms with van der Waals surface area (Å²) in [5.41, 5.74) is 2.08. The van der Waals surface area contributed by atoms with Crippen molar-refractivity contribution in [3.63, 3.8) is 0 Å². The molecule has 0 aliphatic carbocycles. The van der Waals surface area contributed by atoms with Crippen molar-refractivity contribution >= 4 is 29.2 Å². The van der Waals surface area contributed by atoms with E-state index in [9.17, 15) is 0 Å². The Morgan fingerprint density at radius 3 is 2.80 bits per heavy atom. The monoisotopic (exact) mass is 289 g/mol. The molecule has 2 aromatic rings. The fourth-order valence-corrected chi connectivity index (χ4v) is 2.53. The molecule has 0 unspecified atom stereocenters. The average Bonchev–Trinajstić information content (AvgIpc) is 2.98. The van der Waals surface area contributed by atoms with Gasteiger partial charge in [-0.15, -0.1) is 11.3 Å². The van der Waals surface area contributed by atoms with Crippen molar-refractivity contribution in [1.29, 1.82) is 0 Å². The van der Waals surface area contributed by atoms with Gasteiger partial charge in [0.2, 0.25) is 0 Å². The minimum Gasteiger partial charge on any atom is -0.496 e. The number of nitrogens with zero attached hydrogens (tertiary/aromatic N) is 1. The number of methoxy groups -OCH3 is 1. The Bertz CT molecular complexity index is 564. The number of hydrogen-bond acceptors (Lipinski definition) is 4. The second-order valence-electron chi connectivity index (χ2n) is 4.42. The Morgan fingerprint density at radius 2 is 2.15 bits per heavy atom. The zero-order chi connectivity index (χ0) is 14.4. The van der Waals surface area contributed by atoms with Crippen LogP contribution in [0.15, 0.2) is 35.7 Å². The Hall–Kier alpha value is -1.78. The highest BCUT2D eigenvalue weighted by Gasteiger charge is 2.05. The molecule has 1 heterocycles. The highest BCUT2D eigenvalue weighted by Crippen LogP contribution is 2.27. The lowest BCUT2D eigenvalue weighted by Gasteiger charge is -2.19. The summed E-state index contributed by atoms with van der Waals surface area (Å²) in [6, 6.07) is 10.2. The third kappa shape index (κ3) is 3.62. The van der Waals surface area contributed by atoms with Crippen LogP contribution in [0.25, 0.3) is 12.2 Å². The lowest BCUT2D eigenvalue weighted by molar-refractivity contribution is 0.304. The molecule has 1 aromatic carbocycles. The normalized spacial score (nSPS) is 10.9. The van der Waals surface area contributed by atoms with E-state index in [1.807, 2.05) is 36.2 Å². The molecule has 0 bridgehead atoms. The minimum absolute atomic E-state index is 0.138. The van der Waals surface area contributed by atoms with Crippen molar-refractivity contribution in [1.82, 2.24) is 0 Å². The number of aliphatic hydroxyl groups is 1. The van der Waals surface area contributed by atoms with Crippen molar-refractivity contribution in [3.8, 4) is 5.75 Å². The quantitative estimate of drug-likeness (QED) is 0.885. The van der Waals surface area contributed by atoms with E-state index in [1.54, 1.807) is 18.4 Å². The summed E-state index contributed by atoms with van der Waals surface area (Å²) < 4.78 is 5.45. The van der Waals surface area contributed by atoms with Gasteiger partial charge in [-0.25, -0.2) is 0 Å². The van der Waals surface area contributed by atoms with Gasteiger partial charge < -0.3 is 14.7 Å². The Labute approximate surface area is 123 Å². The first-order chi connectivity index (χ1) is 9.74. The van der Waals surface area contributed by atoms with Gasteiger partial charge in [0.25, 0.3) is 0 Å². The Kier molecular flexibility index (Phi) is 5.21. The van der Waals surface area contributed by atoms with Gasteiger partial charge in [-0.1, -0.05) is 6.07 Å². The summed E-state index contributed by atoms with van der Waals surface area (Å²) in [4.78, 5) is 3.21. The van der Waals surface area contributed by atoms with E-state index in [0.29, 0.717) is 6.54 Å². The number of hydrogen-bond donors (Lipinski definition) is 1. The van der Waals surface area contributed by atoms with Gasteiger partial charge in [0.15, 0.2) is 0 Å². The number of anilines is 1. The molecule has 4 heteroatoms. The van der Waals surface area contributed by atoms with Crippen LogP contribution in [-0.2, 0) is 0 Å².